The number of nitrogens with zero attached hydrogens (tertiary/aromatic N) is 2. The highest BCUT2D eigenvalue weighted by molar-refractivity contribution is 5.75. The third kappa shape index (κ3) is 8.97. The Labute approximate surface area is 216 Å². The number of carboxylic acid groups (broad SMARTS) is 1. The molecule has 0 aliphatic rings. The van der Waals surface area contributed by atoms with Crippen molar-refractivity contribution in [2.24, 2.45) is 11.8 Å². The summed E-state index contributed by atoms with van der Waals surface area (Å²) in [4.78, 5) is 11.3. The van der Waals surface area contributed by atoms with E-state index in [4.69, 9.17) is 9.47 Å². The minimum atomic E-state index is -0.717. The Kier molecular flexibility index (Phi) is 14.5. The number of rotatable bonds is 15. The van der Waals surface area contributed by atoms with Crippen LogP contribution in [0, 0.1) is 11.8 Å². The van der Waals surface area contributed by atoms with Gasteiger partial charge in [-0.2, -0.15) is 0 Å². The average Bonchev–Trinajstić information content (AvgIpc) is 2.88. The summed E-state index contributed by atoms with van der Waals surface area (Å²) in [5, 5.41) is 32.3. The largest absolute Gasteiger partial charge is 0.507 e. The Morgan fingerprint density at radius 3 is 2.31 bits per heavy atom. The predicted molar refractivity (Wildman–Crippen MR) is 145 cm³/mol. The number of hydrogen-bond acceptors (Lipinski definition) is 7. The molecule has 1 heterocycles. The number of anilines is 1. The topological polar surface area (TPSA) is 114 Å². The molecular weight excluding hydrogens is 458 g/mol. The molecule has 2 rings (SSSR count). The van der Waals surface area contributed by atoms with E-state index in [1.54, 1.807) is 20.3 Å². The van der Waals surface area contributed by atoms with Gasteiger partial charge in [0.2, 0.25) is 0 Å². The number of nitrogens with one attached hydrogen (secondary N) is 1. The SMILES string of the molecule is CC.CCCc1cc(NCC(CC)CCC(CC)C(=O)O)nnc1-c1c(O)cc(OC)cc1COC. The second-order valence-corrected chi connectivity index (χ2v) is 8.64. The van der Waals surface area contributed by atoms with E-state index in [1.807, 2.05) is 32.9 Å². The Hall–Kier alpha value is -2.87. The number of methoxy groups -OCH3 is 2. The molecule has 36 heavy (non-hydrogen) atoms. The van der Waals surface area contributed by atoms with Crippen LogP contribution in [0.25, 0.3) is 11.3 Å². The first kappa shape index (κ1) is 31.2. The molecule has 1 aromatic heterocycles. The fourth-order valence-electron chi connectivity index (χ4n) is 4.14. The number of aryl methyl sites for hydroxylation is 1. The second-order valence-electron chi connectivity index (χ2n) is 8.64. The highest BCUT2D eigenvalue weighted by atomic mass is 16.5. The van der Waals surface area contributed by atoms with E-state index in [0.29, 0.717) is 54.7 Å². The van der Waals surface area contributed by atoms with E-state index >= 15 is 0 Å². The summed E-state index contributed by atoms with van der Waals surface area (Å²) in [6, 6.07) is 5.41. The molecule has 0 aliphatic carbocycles. The number of carbonyl (C=O) groups is 1. The van der Waals surface area contributed by atoms with E-state index in [2.05, 4.69) is 29.4 Å². The molecule has 2 unspecified atom stereocenters. The molecule has 0 saturated heterocycles. The number of benzene rings is 1. The lowest BCUT2D eigenvalue weighted by atomic mass is 9.92. The highest BCUT2D eigenvalue weighted by Crippen LogP contribution is 2.38. The maximum absolute atomic E-state index is 11.3. The number of aliphatic carboxylic acids is 1. The molecule has 0 aliphatic heterocycles. The van der Waals surface area contributed by atoms with Gasteiger partial charge < -0.3 is 25.0 Å². The smallest absolute Gasteiger partial charge is 0.306 e. The Morgan fingerprint density at radius 1 is 1.03 bits per heavy atom. The summed E-state index contributed by atoms with van der Waals surface area (Å²) in [5.74, 6) is 0.651. The molecule has 8 heteroatoms. The van der Waals surface area contributed by atoms with Crippen LogP contribution >= 0.6 is 0 Å². The maximum Gasteiger partial charge on any atom is 0.306 e. The highest BCUT2D eigenvalue weighted by Gasteiger charge is 2.20. The van der Waals surface area contributed by atoms with Crippen molar-refractivity contribution >= 4 is 11.8 Å². The van der Waals surface area contributed by atoms with Crippen molar-refractivity contribution in [3.63, 3.8) is 0 Å². The molecule has 1 aromatic carbocycles. The van der Waals surface area contributed by atoms with Crippen LogP contribution < -0.4 is 10.1 Å². The van der Waals surface area contributed by atoms with Gasteiger partial charge >= 0.3 is 5.97 Å². The van der Waals surface area contributed by atoms with Gasteiger partial charge in [0.05, 0.1) is 19.6 Å². The Balaban J connectivity index is 0.00000316. The zero-order valence-electron chi connectivity index (χ0n) is 23.1. The summed E-state index contributed by atoms with van der Waals surface area (Å²) < 4.78 is 10.6. The molecule has 8 nitrogen and oxygen atoms in total. The van der Waals surface area contributed by atoms with Crippen molar-refractivity contribution in [3.05, 3.63) is 29.3 Å². The average molecular weight is 504 g/mol. The van der Waals surface area contributed by atoms with Crippen LogP contribution in [0.3, 0.4) is 0 Å². The number of hydrogen-bond donors (Lipinski definition) is 3. The van der Waals surface area contributed by atoms with E-state index in [1.165, 1.54) is 0 Å². The second kappa shape index (κ2) is 16.7. The monoisotopic (exact) mass is 503 g/mol. The summed E-state index contributed by atoms with van der Waals surface area (Å²) >= 11 is 0. The minimum absolute atomic E-state index is 0.0775. The lowest BCUT2D eigenvalue weighted by Crippen LogP contribution is -2.19. The van der Waals surface area contributed by atoms with Gasteiger partial charge in [0.1, 0.15) is 23.0 Å². The third-order valence-corrected chi connectivity index (χ3v) is 6.25. The number of aromatic nitrogens is 2. The van der Waals surface area contributed by atoms with E-state index in [9.17, 15) is 15.0 Å². The first-order valence-electron chi connectivity index (χ1n) is 13.1. The maximum atomic E-state index is 11.3. The lowest BCUT2D eigenvalue weighted by Gasteiger charge is -2.19. The third-order valence-electron chi connectivity index (χ3n) is 6.25. The van der Waals surface area contributed by atoms with E-state index in [-0.39, 0.29) is 11.7 Å². The van der Waals surface area contributed by atoms with Gasteiger partial charge in [-0.15, -0.1) is 10.2 Å². The van der Waals surface area contributed by atoms with E-state index < -0.39 is 5.97 Å². The first-order valence-corrected chi connectivity index (χ1v) is 13.1. The number of phenols is 1. The van der Waals surface area contributed by atoms with Gasteiger partial charge in [-0.1, -0.05) is 47.5 Å². The Bertz CT molecular complexity index is 936. The molecule has 0 amide bonds. The summed E-state index contributed by atoms with van der Waals surface area (Å²) in [7, 11) is 3.16. The summed E-state index contributed by atoms with van der Waals surface area (Å²) in [5.41, 5.74) is 3.01. The van der Waals surface area contributed by atoms with Crippen LogP contribution in [0.4, 0.5) is 5.82 Å². The van der Waals surface area contributed by atoms with Crippen molar-refractivity contribution in [3.8, 4) is 22.8 Å². The lowest BCUT2D eigenvalue weighted by molar-refractivity contribution is -0.142. The van der Waals surface area contributed by atoms with Crippen molar-refractivity contribution in [1.82, 2.24) is 10.2 Å². The molecule has 0 bridgehead atoms. The van der Waals surface area contributed by atoms with Gasteiger partial charge in [0.15, 0.2) is 0 Å². The molecule has 3 N–H and O–H groups in total. The van der Waals surface area contributed by atoms with Crippen LogP contribution in [0.15, 0.2) is 18.2 Å². The van der Waals surface area contributed by atoms with Gasteiger partial charge in [-0.05, 0) is 54.9 Å². The number of phenolic OH excluding ortho intramolecular Hbond substituents is 1. The summed E-state index contributed by atoms with van der Waals surface area (Å²) in [6.45, 7) is 11.1. The molecular formula is C28H45N3O5. The first-order chi connectivity index (χ1) is 17.4. The number of aromatic hydroxyl groups is 1. The normalized spacial score (nSPS) is 12.3. The Morgan fingerprint density at radius 2 is 1.75 bits per heavy atom. The molecule has 202 valence electrons. The standard InChI is InChI=1S/C26H39N3O5.C2H6/c1-6-9-19-13-23(27-15-17(7-2)10-11-18(8-3)26(31)32)28-29-25(19)24-20(16-33-4)12-21(34-5)14-22(24)30;1-2/h12-14,17-18,30H,6-11,15-16H2,1-5H3,(H,27,28)(H,31,32);1-2H3. The van der Waals surface area contributed by atoms with Crippen molar-refractivity contribution < 1.29 is 24.5 Å². The van der Waals surface area contributed by atoms with Crippen molar-refractivity contribution in [1.29, 1.82) is 0 Å². The molecule has 0 spiro atoms. The summed E-state index contributed by atoms with van der Waals surface area (Å²) in [6.07, 6.45) is 4.83. The fourth-order valence-corrected chi connectivity index (χ4v) is 4.14. The van der Waals surface area contributed by atoms with Crippen molar-refractivity contribution in [2.75, 3.05) is 26.1 Å². The van der Waals surface area contributed by atoms with Crippen LogP contribution in [0.2, 0.25) is 0 Å². The zero-order valence-corrected chi connectivity index (χ0v) is 23.1. The molecule has 2 atom stereocenters. The van der Waals surface area contributed by atoms with Crippen LogP contribution in [-0.2, 0) is 22.6 Å². The quantitative estimate of drug-likeness (QED) is 0.259. The van der Waals surface area contributed by atoms with Crippen LogP contribution in [-0.4, -0.2) is 47.1 Å². The molecule has 0 radical (unpaired) electrons. The van der Waals surface area contributed by atoms with E-state index in [0.717, 1.165) is 36.8 Å². The van der Waals surface area contributed by atoms with Gasteiger partial charge in [-0.3, -0.25) is 4.79 Å². The zero-order chi connectivity index (χ0) is 27.1. The number of ether oxygens (including phenoxy) is 2. The van der Waals surface area contributed by atoms with Gasteiger partial charge in [-0.25, -0.2) is 0 Å². The molecule has 0 saturated carbocycles. The minimum Gasteiger partial charge on any atom is -0.507 e. The fraction of sp³-hybridized carbons (Fsp3) is 0.607. The predicted octanol–water partition coefficient (Wildman–Crippen LogP) is 6.31. The molecule has 0 fully saturated rings. The van der Waals surface area contributed by atoms with Crippen LogP contribution in [0.1, 0.15) is 77.8 Å². The van der Waals surface area contributed by atoms with Crippen molar-refractivity contribution in [2.45, 2.75) is 79.8 Å². The number of carboxylic acids is 1. The molecule has 2 aromatic rings. The van der Waals surface area contributed by atoms with Gasteiger partial charge in [0.25, 0.3) is 0 Å². The van der Waals surface area contributed by atoms with Gasteiger partial charge in [0, 0.05) is 25.3 Å². The van der Waals surface area contributed by atoms with Crippen LogP contribution in [0.5, 0.6) is 11.5 Å².